The van der Waals surface area contributed by atoms with E-state index in [4.69, 9.17) is 26.8 Å². The first-order chi connectivity index (χ1) is 13.8. The van der Waals surface area contributed by atoms with E-state index in [1.807, 2.05) is 13.0 Å². The van der Waals surface area contributed by atoms with E-state index in [0.717, 1.165) is 5.56 Å². The number of carbonyl (C=O) groups excluding carboxylic acids is 1. The average molecular weight is 410 g/mol. The molecule has 1 atom stereocenters. The zero-order valence-corrected chi connectivity index (χ0v) is 17.0. The Hall–Kier alpha value is -3.18. The molecule has 0 aliphatic carbocycles. The summed E-state index contributed by atoms with van der Waals surface area (Å²) in [5, 5.41) is 11.5. The van der Waals surface area contributed by atoms with Crippen LogP contribution in [0.1, 0.15) is 38.2 Å². The maximum atomic E-state index is 12.9. The molecule has 0 saturated carbocycles. The molecule has 148 valence electrons. The highest BCUT2D eigenvalue weighted by atomic mass is 35.5. The quantitative estimate of drug-likeness (QED) is 0.483. The van der Waals surface area contributed by atoms with E-state index in [9.17, 15) is 9.90 Å². The highest BCUT2D eigenvalue weighted by Crippen LogP contribution is 2.53. The third-order valence-corrected chi connectivity index (χ3v) is 5.73. The molecule has 1 unspecified atom stereocenters. The van der Waals surface area contributed by atoms with Crippen LogP contribution in [0, 0.1) is 13.8 Å². The highest BCUT2D eigenvalue weighted by molar-refractivity contribution is 6.30. The molecule has 3 N–H and O–H groups in total. The molecule has 1 heterocycles. The minimum atomic E-state index is -1.43. The third-order valence-electron chi connectivity index (χ3n) is 5.49. The van der Waals surface area contributed by atoms with Gasteiger partial charge in [-0.15, -0.1) is 0 Å². The van der Waals surface area contributed by atoms with Crippen molar-refractivity contribution in [1.29, 1.82) is 0 Å². The molecule has 0 spiro atoms. The Bertz CT molecular complexity index is 1160. The van der Waals surface area contributed by atoms with Crippen LogP contribution in [-0.4, -0.2) is 18.2 Å². The van der Waals surface area contributed by atoms with Crippen molar-refractivity contribution in [2.24, 2.45) is 0 Å². The maximum Gasteiger partial charge on any atom is 0.340 e. The SMILES string of the molecule is COc1ccc(Cl)cc1C1(c2cc(C)c(N)c(C)c2O)OC(=O)c2ccccc21. The number of ether oxygens (including phenoxy) is 2. The van der Waals surface area contributed by atoms with Crippen LogP contribution < -0.4 is 10.5 Å². The normalized spacial score (nSPS) is 17.7. The number of nitrogens with two attached hydrogens (primary N) is 1. The van der Waals surface area contributed by atoms with Crippen LogP contribution >= 0.6 is 11.6 Å². The standard InChI is InChI=1S/C23H20ClNO4/c1-12-10-18(21(26)13(2)20(12)25)23(17-11-14(24)8-9-19(17)28-3)16-7-5-4-6-15(16)22(27)29-23/h4-11,26H,25H2,1-3H3. The van der Waals surface area contributed by atoms with Crippen LogP contribution in [-0.2, 0) is 10.3 Å². The highest BCUT2D eigenvalue weighted by Gasteiger charge is 2.51. The van der Waals surface area contributed by atoms with Crippen molar-refractivity contribution in [2.75, 3.05) is 12.8 Å². The molecule has 5 nitrogen and oxygen atoms in total. The van der Waals surface area contributed by atoms with Gasteiger partial charge in [0.25, 0.3) is 0 Å². The molecular weight excluding hydrogens is 390 g/mol. The lowest BCUT2D eigenvalue weighted by atomic mass is 9.77. The molecule has 0 fully saturated rings. The Morgan fingerprint density at radius 2 is 1.79 bits per heavy atom. The van der Waals surface area contributed by atoms with Gasteiger partial charge in [0.2, 0.25) is 0 Å². The van der Waals surface area contributed by atoms with E-state index in [1.54, 1.807) is 49.4 Å². The Morgan fingerprint density at radius 1 is 1.07 bits per heavy atom. The summed E-state index contributed by atoms with van der Waals surface area (Å²) in [6.07, 6.45) is 0. The predicted octanol–water partition coefficient (Wildman–Crippen LogP) is 4.72. The molecule has 0 saturated heterocycles. The van der Waals surface area contributed by atoms with Crippen LogP contribution in [0.5, 0.6) is 11.5 Å². The fraction of sp³-hybridized carbons (Fsp3) is 0.174. The first kappa shape index (κ1) is 19.2. The van der Waals surface area contributed by atoms with Crippen molar-refractivity contribution < 1.29 is 19.4 Å². The third kappa shape index (κ3) is 2.65. The molecule has 3 aromatic carbocycles. The second kappa shape index (κ2) is 6.71. The summed E-state index contributed by atoms with van der Waals surface area (Å²) in [5.74, 6) is -0.0563. The van der Waals surface area contributed by atoms with Gasteiger partial charge in [-0.2, -0.15) is 0 Å². The second-order valence-corrected chi connectivity index (χ2v) is 7.53. The molecule has 1 aliphatic heterocycles. The molecule has 6 heteroatoms. The van der Waals surface area contributed by atoms with Crippen molar-refractivity contribution in [3.63, 3.8) is 0 Å². The number of hydrogen-bond acceptors (Lipinski definition) is 5. The number of carbonyl (C=O) groups is 1. The largest absolute Gasteiger partial charge is 0.507 e. The summed E-state index contributed by atoms with van der Waals surface area (Å²) in [4.78, 5) is 12.9. The van der Waals surface area contributed by atoms with E-state index in [-0.39, 0.29) is 5.75 Å². The Kier molecular flexibility index (Phi) is 4.43. The molecule has 1 aliphatic rings. The molecule has 0 bridgehead atoms. The first-order valence-electron chi connectivity index (χ1n) is 9.07. The smallest absolute Gasteiger partial charge is 0.340 e. The summed E-state index contributed by atoms with van der Waals surface area (Å²) in [5.41, 5.74) is 8.39. The van der Waals surface area contributed by atoms with Gasteiger partial charge < -0.3 is 20.3 Å². The maximum absolute atomic E-state index is 12.9. The summed E-state index contributed by atoms with van der Waals surface area (Å²) < 4.78 is 11.6. The number of aryl methyl sites for hydroxylation is 1. The minimum Gasteiger partial charge on any atom is -0.507 e. The summed E-state index contributed by atoms with van der Waals surface area (Å²) in [6, 6.07) is 13.9. The zero-order chi connectivity index (χ0) is 20.9. The average Bonchev–Trinajstić information content (AvgIpc) is 3.02. The number of cyclic esters (lactones) is 1. The number of rotatable bonds is 3. The number of methoxy groups -OCH3 is 1. The van der Waals surface area contributed by atoms with Crippen LogP contribution in [0.25, 0.3) is 0 Å². The number of hydrogen-bond donors (Lipinski definition) is 2. The molecule has 3 aromatic rings. The molecular formula is C23H20ClNO4. The van der Waals surface area contributed by atoms with Gasteiger partial charge in [0.15, 0.2) is 5.60 Å². The van der Waals surface area contributed by atoms with Crippen LogP contribution in [0.4, 0.5) is 5.69 Å². The zero-order valence-electron chi connectivity index (χ0n) is 16.2. The number of halogens is 1. The van der Waals surface area contributed by atoms with Gasteiger partial charge in [-0.3, -0.25) is 0 Å². The van der Waals surface area contributed by atoms with Crippen molar-refractivity contribution in [1.82, 2.24) is 0 Å². The van der Waals surface area contributed by atoms with Crippen LogP contribution in [0.2, 0.25) is 5.02 Å². The monoisotopic (exact) mass is 409 g/mol. The molecule has 29 heavy (non-hydrogen) atoms. The molecule has 4 rings (SSSR count). The van der Waals surface area contributed by atoms with Gasteiger partial charge in [0.1, 0.15) is 11.5 Å². The first-order valence-corrected chi connectivity index (χ1v) is 9.45. The summed E-state index contributed by atoms with van der Waals surface area (Å²) >= 11 is 6.31. The number of benzene rings is 3. The van der Waals surface area contributed by atoms with Crippen molar-refractivity contribution in [2.45, 2.75) is 19.4 Å². The fourth-order valence-electron chi connectivity index (χ4n) is 3.97. The Balaban J connectivity index is 2.19. The van der Waals surface area contributed by atoms with E-state index >= 15 is 0 Å². The number of esters is 1. The van der Waals surface area contributed by atoms with Gasteiger partial charge >= 0.3 is 5.97 Å². The number of anilines is 1. The van der Waals surface area contributed by atoms with Gasteiger partial charge in [-0.1, -0.05) is 29.8 Å². The number of nitrogen functional groups attached to an aromatic ring is 1. The van der Waals surface area contributed by atoms with Crippen LogP contribution in [0.15, 0.2) is 48.5 Å². The Morgan fingerprint density at radius 3 is 2.52 bits per heavy atom. The lowest BCUT2D eigenvalue weighted by Crippen LogP contribution is -2.30. The fourth-order valence-corrected chi connectivity index (χ4v) is 4.15. The van der Waals surface area contributed by atoms with Crippen molar-refractivity contribution in [3.05, 3.63) is 86.9 Å². The van der Waals surface area contributed by atoms with E-state index < -0.39 is 11.6 Å². The molecule has 0 aromatic heterocycles. The number of aromatic hydroxyl groups is 1. The topological polar surface area (TPSA) is 81.8 Å². The second-order valence-electron chi connectivity index (χ2n) is 7.09. The van der Waals surface area contributed by atoms with Crippen molar-refractivity contribution >= 4 is 23.3 Å². The number of phenols is 1. The van der Waals surface area contributed by atoms with Gasteiger partial charge in [-0.25, -0.2) is 4.79 Å². The van der Waals surface area contributed by atoms with E-state index in [2.05, 4.69) is 0 Å². The van der Waals surface area contributed by atoms with Crippen LogP contribution in [0.3, 0.4) is 0 Å². The minimum absolute atomic E-state index is 0.0420. The van der Waals surface area contributed by atoms with E-state index in [0.29, 0.717) is 44.3 Å². The van der Waals surface area contributed by atoms with Gasteiger partial charge in [0, 0.05) is 33.0 Å². The molecule has 0 radical (unpaired) electrons. The van der Waals surface area contributed by atoms with E-state index in [1.165, 1.54) is 7.11 Å². The number of fused-ring (bicyclic) bond motifs is 1. The number of phenolic OH excluding ortho intramolecular Hbond substituents is 1. The van der Waals surface area contributed by atoms with Crippen molar-refractivity contribution in [3.8, 4) is 11.5 Å². The van der Waals surface area contributed by atoms with Gasteiger partial charge in [-0.05, 0) is 49.7 Å². The lowest BCUT2D eigenvalue weighted by molar-refractivity contribution is 0.0239. The summed E-state index contributed by atoms with van der Waals surface area (Å²) in [7, 11) is 1.53. The predicted molar refractivity (Wildman–Crippen MR) is 112 cm³/mol. The summed E-state index contributed by atoms with van der Waals surface area (Å²) in [6.45, 7) is 3.57. The van der Waals surface area contributed by atoms with Gasteiger partial charge in [0.05, 0.1) is 12.7 Å². The lowest BCUT2D eigenvalue weighted by Gasteiger charge is -2.33. The molecule has 0 amide bonds. The Labute approximate surface area is 173 Å².